The minimum Gasteiger partial charge on any atom is -0.240 e. The van der Waals surface area contributed by atoms with Crippen LogP contribution in [0.4, 0.5) is 17.6 Å². The number of rotatable bonds is 2. The Morgan fingerprint density at radius 3 is 2.40 bits per heavy atom. The van der Waals surface area contributed by atoms with Gasteiger partial charge >= 0.3 is 6.18 Å². The predicted octanol–water partition coefficient (Wildman–Crippen LogP) is 4.81. The quantitative estimate of drug-likeness (QED) is 0.728. The second-order valence-corrected chi connectivity index (χ2v) is 5.03. The molecule has 0 saturated heterocycles. The van der Waals surface area contributed by atoms with Crippen LogP contribution in [-0.4, -0.2) is 9.78 Å². The minimum absolute atomic E-state index is 0.0688. The second-order valence-electron chi connectivity index (χ2n) is 4.62. The van der Waals surface area contributed by atoms with Gasteiger partial charge in [0, 0.05) is 11.8 Å². The van der Waals surface area contributed by atoms with Gasteiger partial charge < -0.3 is 0 Å². The third-order valence-corrected chi connectivity index (χ3v) is 3.14. The van der Waals surface area contributed by atoms with Crippen molar-refractivity contribution in [1.29, 1.82) is 0 Å². The Morgan fingerprint density at radius 1 is 1.25 bits per heavy atom. The summed E-state index contributed by atoms with van der Waals surface area (Å²) in [5, 5.41) is 3.58. The molecule has 0 N–H and O–H groups in total. The van der Waals surface area contributed by atoms with Gasteiger partial charge in [-0.25, -0.2) is 9.07 Å². The molecule has 0 fully saturated rings. The predicted molar refractivity (Wildman–Crippen MR) is 67.6 cm³/mol. The molecular weight excluding hydrogens is 296 g/mol. The Labute approximate surface area is 118 Å². The summed E-state index contributed by atoms with van der Waals surface area (Å²) in [7, 11) is 0. The average molecular weight is 307 g/mol. The zero-order chi connectivity index (χ0) is 15.1. The van der Waals surface area contributed by atoms with Gasteiger partial charge in [-0.3, -0.25) is 0 Å². The molecule has 0 atom stereocenters. The highest BCUT2D eigenvalue weighted by Crippen LogP contribution is 2.33. The van der Waals surface area contributed by atoms with E-state index >= 15 is 0 Å². The van der Waals surface area contributed by atoms with Gasteiger partial charge in [-0.05, 0) is 18.1 Å². The highest BCUT2D eigenvalue weighted by atomic mass is 35.5. The number of hydrogen-bond acceptors (Lipinski definition) is 1. The molecule has 0 amide bonds. The van der Waals surface area contributed by atoms with Crippen molar-refractivity contribution in [3.8, 4) is 5.69 Å². The van der Waals surface area contributed by atoms with Crippen LogP contribution in [0.25, 0.3) is 5.69 Å². The SMILES string of the molecule is CC(C)c1c(-n2cc(C(F)(F)F)cn2)ccc(Cl)c1F. The number of halogens is 5. The molecule has 1 aromatic heterocycles. The zero-order valence-corrected chi connectivity index (χ0v) is 11.4. The van der Waals surface area contributed by atoms with Gasteiger partial charge in [0.2, 0.25) is 0 Å². The van der Waals surface area contributed by atoms with Crippen LogP contribution in [0, 0.1) is 5.82 Å². The van der Waals surface area contributed by atoms with Gasteiger partial charge in [0.05, 0.1) is 22.5 Å². The van der Waals surface area contributed by atoms with Crippen molar-refractivity contribution >= 4 is 11.6 Å². The van der Waals surface area contributed by atoms with E-state index in [-0.39, 0.29) is 22.2 Å². The third kappa shape index (κ3) is 2.65. The number of alkyl halides is 3. The summed E-state index contributed by atoms with van der Waals surface area (Å²) in [6.07, 6.45) is -2.95. The molecule has 2 aromatic rings. The molecule has 1 aromatic carbocycles. The lowest BCUT2D eigenvalue weighted by molar-refractivity contribution is -0.137. The zero-order valence-electron chi connectivity index (χ0n) is 10.7. The van der Waals surface area contributed by atoms with Crippen molar-refractivity contribution in [3.05, 3.63) is 46.5 Å². The third-order valence-electron chi connectivity index (χ3n) is 2.84. The molecule has 7 heteroatoms. The molecule has 0 saturated carbocycles. The standard InChI is InChI=1S/C13H11ClF4N2/c1-7(2)11-10(4-3-9(14)12(11)15)20-6-8(5-19-20)13(16,17)18/h3-7H,1-2H3. The molecule has 0 spiro atoms. The maximum Gasteiger partial charge on any atom is 0.419 e. The van der Waals surface area contributed by atoms with Gasteiger partial charge in [-0.2, -0.15) is 18.3 Å². The molecular formula is C13H11ClF4N2. The van der Waals surface area contributed by atoms with Crippen LogP contribution in [-0.2, 0) is 6.18 Å². The molecule has 20 heavy (non-hydrogen) atoms. The molecule has 0 radical (unpaired) electrons. The average Bonchev–Trinajstić information content (AvgIpc) is 2.80. The monoisotopic (exact) mass is 306 g/mol. The summed E-state index contributed by atoms with van der Waals surface area (Å²) in [6.45, 7) is 3.46. The molecule has 0 aliphatic heterocycles. The number of benzene rings is 1. The molecule has 0 aliphatic carbocycles. The van der Waals surface area contributed by atoms with E-state index in [1.807, 2.05) is 0 Å². The maximum absolute atomic E-state index is 14.0. The smallest absolute Gasteiger partial charge is 0.240 e. The fraction of sp³-hybridized carbons (Fsp3) is 0.308. The Hall–Kier alpha value is -1.56. The van der Waals surface area contributed by atoms with E-state index in [1.54, 1.807) is 13.8 Å². The van der Waals surface area contributed by atoms with Crippen LogP contribution in [0.5, 0.6) is 0 Å². The maximum atomic E-state index is 14.0. The van der Waals surface area contributed by atoms with E-state index in [9.17, 15) is 17.6 Å². The Balaban J connectivity index is 2.59. The summed E-state index contributed by atoms with van der Waals surface area (Å²) < 4.78 is 52.8. The van der Waals surface area contributed by atoms with Crippen molar-refractivity contribution in [2.75, 3.05) is 0 Å². The van der Waals surface area contributed by atoms with E-state index in [4.69, 9.17) is 11.6 Å². The van der Waals surface area contributed by atoms with Crippen LogP contribution in [0.3, 0.4) is 0 Å². The summed E-state index contributed by atoms with van der Waals surface area (Å²) in [5.41, 5.74) is -0.408. The first-order valence-electron chi connectivity index (χ1n) is 5.82. The van der Waals surface area contributed by atoms with Gasteiger partial charge in [0.25, 0.3) is 0 Å². The van der Waals surface area contributed by atoms with Crippen LogP contribution < -0.4 is 0 Å². The summed E-state index contributed by atoms with van der Waals surface area (Å²) in [5.74, 6) is -0.884. The van der Waals surface area contributed by atoms with Crippen LogP contribution in [0.15, 0.2) is 24.5 Å². The van der Waals surface area contributed by atoms with E-state index in [1.165, 1.54) is 12.1 Å². The van der Waals surface area contributed by atoms with Crippen LogP contribution in [0.2, 0.25) is 5.02 Å². The lowest BCUT2D eigenvalue weighted by atomic mass is 10.0. The first kappa shape index (κ1) is 14.8. The summed E-state index contributed by atoms with van der Waals surface area (Å²) >= 11 is 5.71. The Bertz CT molecular complexity index is 632. The van der Waals surface area contributed by atoms with Crippen molar-refractivity contribution in [3.63, 3.8) is 0 Å². The highest BCUT2D eigenvalue weighted by Gasteiger charge is 2.32. The van der Waals surface area contributed by atoms with Gasteiger partial charge in [-0.15, -0.1) is 0 Å². The molecule has 2 rings (SSSR count). The lowest BCUT2D eigenvalue weighted by Crippen LogP contribution is -2.06. The highest BCUT2D eigenvalue weighted by molar-refractivity contribution is 6.30. The molecule has 2 nitrogen and oxygen atoms in total. The minimum atomic E-state index is -4.48. The molecule has 0 unspecified atom stereocenters. The largest absolute Gasteiger partial charge is 0.419 e. The van der Waals surface area contributed by atoms with Gasteiger partial charge in [0.1, 0.15) is 5.82 Å². The number of nitrogens with zero attached hydrogens (tertiary/aromatic N) is 2. The normalized spacial score (nSPS) is 12.2. The Kier molecular flexibility index (Phi) is 3.77. The number of aromatic nitrogens is 2. The van der Waals surface area contributed by atoms with E-state index in [2.05, 4.69) is 5.10 Å². The molecule has 108 valence electrons. The van der Waals surface area contributed by atoms with Crippen molar-refractivity contribution < 1.29 is 17.6 Å². The topological polar surface area (TPSA) is 17.8 Å². The van der Waals surface area contributed by atoms with Crippen LogP contribution in [0.1, 0.15) is 30.9 Å². The van der Waals surface area contributed by atoms with E-state index < -0.39 is 17.6 Å². The fourth-order valence-electron chi connectivity index (χ4n) is 1.91. The van der Waals surface area contributed by atoms with Crippen molar-refractivity contribution in [2.24, 2.45) is 0 Å². The van der Waals surface area contributed by atoms with Gasteiger partial charge in [-0.1, -0.05) is 25.4 Å². The Morgan fingerprint density at radius 2 is 1.90 bits per heavy atom. The van der Waals surface area contributed by atoms with Crippen molar-refractivity contribution in [1.82, 2.24) is 9.78 Å². The summed E-state index contributed by atoms with van der Waals surface area (Å²) in [4.78, 5) is 0. The number of hydrogen-bond donors (Lipinski definition) is 0. The lowest BCUT2D eigenvalue weighted by Gasteiger charge is -2.14. The second kappa shape index (κ2) is 5.09. The first-order chi connectivity index (χ1) is 9.21. The van der Waals surface area contributed by atoms with Gasteiger partial charge in [0.15, 0.2) is 0 Å². The fourth-order valence-corrected chi connectivity index (χ4v) is 2.07. The summed E-state index contributed by atoms with van der Waals surface area (Å²) in [6, 6.07) is 2.75. The van der Waals surface area contributed by atoms with E-state index in [0.29, 0.717) is 6.20 Å². The van der Waals surface area contributed by atoms with E-state index in [0.717, 1.165) is 10.9 Å². The molecule has 0 aliphatic rings. The van der Waals surface area contributed by atoms with Crippen molar-refractivity contribution in [2.45, 2.75) is 25.9 Å². The first-order valence-corrected chi connectivity index (χ1v) is 6.19. The van der Waals surface area contributed by atoms with Crippen LogP contribution >= 0.6 is 11.6 Å². The molecule has 0 bridgehead atoms. The molecule has 1 heterocycles.